The Balaban J connectivity index is 2.53. The Labute approximate surface area is 95.1 Å². The SMILES string of the molecule is Cc1ccc(-c2cc(C(=O)O)no2)c(O)c1F. The van der Waals surface area contributed by atoms with Crippen LogP contribution in [-0.4, -0.2) is 21.3 Å². The van der Waals surface area contributed by atoms with Gasteiger partial charge in [0.1, 0.15) is 0 Å². The highest BCUT2D eigenvalue weighted by Crippen LogP contribution is 2.33. The van der Waals surface area contributed by atoms with Crippen molar-refractivity contribution in [2.75, 3.05) is 0 Å². The third-order valence-electron chi connectivity index (χ3n) is 2.30. The molecule has 0 spiro atoms. The van der Waals surface area contributed by atoms with Crippen LogP contribution in [0.1, 0.15) is 16.1 Å². The van der Waals surface area contributed by atoms with E-state index in [4.69, 9.17) is 9.63 Å². The summed E-state index contributed by atoms with van der Waals surface area (Å²) in [6.07, 6.45) is 0. The monoisotopic (exact) mass is 237 g/mol. The first kappa shape index (κ1) is 11.1. The summed E-state index contributed by atoms with van der Waals surface area (Å²) in [5.74, 6) is -2.61. The van der Waals surface area contributed by atoms with Crippen LogP contribution in [0, 0.1) is 12.7 Å². The van der Waals surface area contributed by atoms with Gasteiger partial charge in [-0.2, -0.15) is 0 Å². The van der Waals surface area contributed by atoms with E-state index in [9.17, 15) is 14.3 Å². The fourth-order valence-corrected chi connectivity index (χ4v) is 1.37. The van der Waals surface area contributed by atoms with E-state index < -0.39 is 17.5 Å². The Kier molecular flexibility index (Phi) is 2.55. The lowest BCUT2D eigenvalue weighted by molar-refractivity contribution is 0.0686. The molecule has 2 rings (SSSR count). The van der Waals surface area contributed by atoms with Gasteiger partial charge in [0.2, 0.25) is 0 Å². The number of halogens is 1. The molecule has 2 N–H and O–H groups in total. The Morgan fingerprint density at radius 3 is 2.76 bits per heavy atom. The molecule has 0 aliphatic carbocycles. The quantitative estimate of drug-likeness (QED) is 0.836. The first-order valence-corrected chi connectivity index (χ1v) is 4.69. The van der Waals surface area contributed by atoms with E-state index in [-0.39, 0.29) is 22.6 Å². The van der Waals surface area contributed by atoms with Crippen LogP contribution >= 0.6 is 0 Å². The molecule has 1 heterocycles. The molecule has 17 heavy (non-hydrogen) atoms. The normalized spacial score (nSPS) is 10.5. The number of phenols is 1. The molecule has 0 amide bonds. The average molecular weight is 237 g/mol. The molecule has 0 radical (unpaired) electrons. The van der Waals surface area contributed by atoms with E-state index in [0.29, 0.717) is 0 Å². The molecule has 0 aliphatic heterocycles. The summed E-state index contributed by atoms with van der Waals surface area (Å²) in [6.45, 7) is 1.50. The van der Waals surface area contributed by atoms with Crippen LogP contribution in [0.15, 0.2) is 22.7 Å². The largest absolute Gasteiger partial charge is 0.504 e. The van der Waals surface area contributed by atoms with Gasteiger partial charge in [-0.05, 0) is 18.6 Å². The van der Waals surface area contributed by atoms with Gasteiger partial charge in [0.05, 0.1) is 5.56 Å². The molecule has 88 valence electrons. The number of carboxylic acids is 1. The van der Waals surface area contributed by atoms with E-state index in [2.05, 4.69) is 5.16 Å². The zero-order valence-electron chi connectivity index (χ0n) is 8.77. The van der Waals surface area contributed by atoms with Gasteiger partial charge < -0.3 is 14.7 Å². The fraction of sp³-hybridized carbons (Fsp3) is 0.0909. The summed E-state index contributed by atoms with van der Waals surface area (Å²) >= 11 is 0. The predicted octanol–water partition coefficient (Wildman–Crippen LogP) is 2.19. The molecule has 0 fully saturated rings. The van der Waals surface area contributed by atoms with Crippen LogP contribution in [-0.2, 0) is 0 Å². The highest BCUT2D eigenvalue weighted by molar-refractivity contribution is 5.86. The number of carboxylic acid groups (broad SMARTS) is 1. The zero-order chi connectivity index (χ0) is 12.6. The molecule has 1 aromatic carbocycles. The maximum absolute atomic E-state index is 13.4. The lowest BCUT2D eigenvalue weighted by Gasteiger charge is -2.03. The summed E-state index contributed by atoms with van der Waals surface area (Å²) in [5, 5.41) is 21.5. The Bertz CT molecular complexity index is 591. The minimum Gasteiger partial charge on any atom is -0.504 e. The predicted molar refractivity (Wildman–Crippen MR) is 55.3 cm³/mol. The number of aromatic nitrogens is 1. The van der Waals surface area contributed by atoms with Gasteiger partial charge in [0, 0.05) is 6.07 Å². The summed E-state index contributed by atoms with van der Waals surface area (Å²) in [5.41, 5.74) is 0.0395. The van der Waals surface area contributed by atoms with E-state index in [0.717, 1.165) is 6.07 Å². The third-order valence-corrected chi connectivity index (χ3v) is 2.30. The molecule has 0 bridgehead atoms. The molecule has 0 saturated carbocycles. The number of aromatic hydroxyl groups is 1. The van der Waals surface area contributed by atoms with Crippen LogP contribution in [0.25, 0.3) is 11.3 Å². The summed E-state index contributed by atoms with van der Waals surface area (Å²) in [6, 6.07) is 4.00. The second-order valence-corrected chi connectivity index (χ2v) is 3.47. The number of carbonyl (C=O) groups is 1. The molecular formula is C11H8FNO4. The van der Waals surface area contributed by atoms with Gasteiger partial charge in [-0.25, -0.2) is 9.18 Å². The smallest absolute Gasteiger partial charge is 0.358 e. The summed E-state index contributed by atoms with van der Waals surface area (Å²) in [4.78, 5) is 10.6. The molecule has 0 saturated heterocycles. The van der Waals surface area contributed by atoms with Crippen LogP contribution in [0.5, 0.6) is 5.75 Å². The Morgan fingerprint density at radius 1 is 1.47 bits per heavy atom. The van der Waals surface area contributed by atoms with Gasteiger partial charge >= 0.3 is 5.97 Å². The Hall–Kier alpha value is -2.37. The minimum atomic E-state index is -1.26. The molecule has 6 heteroatoms. The van der Waals surface area contributed by atoms with E-state index in [1.54, 1.807) is 0 Å². The van der Waals surface area contributed by atoms with E-state index >= 15 is 0 Å². The van der Waals surface area contributed by atoms with Gasteiger partial charge in [0.25, 0.3) is 0 Å². The van der Waals surface area contributed by atoms with Crippen molar-refractivity contribution in [1.29, 1.82) is 0 Å². The molecule has 0 atom stereocenters. The molecular weight excluding hydrogens is 229 g/mol. The number of aromatic carboxylic acids is 1. The van der Waals surface area contributed by atoms with Crippen molar-refractivity contribution in [3.63, 3.8) is 0 Å². The number of phenolic OH excluding ortho intramolecular Hbond substituents is 1. The van der Waals surface area contributed by atoms with Crippen molar-refractivity contribution < 1.29 is 23.9 Å². The number of hydrogen-bond donors (Lipinski definition) is 2. The Morgan fingerprint density at radius 2 is 2.18 bits per heavy atom. The van der Waals surface area contributed by atoms with Crippen LogP contribution in [0.3, 0.4) is 0 Å². The maximum atomic E-state index is 13.4. The average Bonchev–Trinajstić information content (AvgIpc) is 2.75. The van der Waals surface area contributed by atoms with Crippen molar-refractivity contribution in [3.05, 3.63) is 35.3 Å². The fourth-order valence-electron chi connectivity index (χ4n) is 1.37. The van der Waals surface area contributed by atoms with Crippen molar-refractivity contribution in [2.24, 2.45) is 0 Å². The summed E-state index contributed by atoms with van der Waals surface area (Å²) < 4.78 is 18.1. The van der Waals surface area contributed by atoms with E-state index in [1.807, 2.05) is 0 Å². The zero-order valence-corrected chi connectivity index (χ0v) is 8.77. The minimum absolute atomic E-state index is 0.00111. The molecule has 0 unspecified atom stereocenters. The highest BCUT2D eigenvalue weighted by Gasteiger charge is 2.17. The van der Waals surface area contributed by atoms with Crippen molar-refractivity contribution in [2.45, 2.75) is 6.92 Å². The van der Waals surface area contributed by atoms with Crippen LogP contribution in [0.2, 0.25) is 0 Å². The number of hydrogen-bond acceptors (Lipinski definition) is 4. The highest BCUT2D eigenvalue weighted by atomic mass is 19.1. The topological polar surface area (TPSA) is 83.6 Å². The van der Waals surface area contributed by atoms with Crippen LogP contribution in [0.4, 0.5) is 4.39 Å². The number of nitrogens with zero attached hydrogens (tertiary/aromatic N) is 1. The first-order valence-electron chi connectivity index (χ1n) is 4.69. The van der Waals surface area contributed by atoms with Crippen molar-refractivity contribution in [1.82, 2.24) is 5.16 Å². The molecule has 1 aromatic heterocycles. The lowest BCUT2D eigenvalue weighted by atomic mass is 10.1. The van der Waals surface area contributed by atoms with Gasteiger partial charge in [-0.3, -0.25) is 0 Å². The van der Waals surface area contributed by atoms with E-state index in [1.165, 1.54) is 19.1 Å². The van der Waals surface area contributed by atoms with Gasteiger partial charge in [0.15, 0.2) is 23.0 Å². The number of rotatable bonds is 2. The standard InChI is InChI=1S/C11H8FNO4/c1-5-2-3-6(10(14)9(5)12)8-4-7(11(15)16)13-17-8/h2-4,14H,1H3,(H,15,16). The molecule has 0 aliphatic rings. The third kappa shape index (κ3) is 1.84. The second kappa shape index (κ2) is 3.89. The molecule has 2 aromatic rings. The lowest BCUT2D eigenvalue weighted by Crippen LogP contribution is -1.94. The van der Waals surface area contributed by atoms with Gasteiger partial charge in [-0.15, -0.1) is 0 Å². The van der Waals surface area contributed by atoms with Crippen LogP contribution < -0.4 is 0 Å². The van der Waals surface area contributed by atoms with Crippen molar-refractivity contribution >= 4 is 5.97 Å². The van der Waals surface area contributed by atoms with Gasteiger partial charge in [-0.1, -0.05) is 11.2 Å². The maximum Gasteiger partial charge on any atom is 0.358 e. The summed E-state index contributed by atoms with van der Waals surface area (Å²) in [7, 11) is 0. The second-order valence-electron chi connectivity index (χ2n) is 3.47. The first-order chi connectivity index (χ1) is 8.00. The molecule has 5 nitrogen and oxygen atoms in total. The number of benzene rings is 1. The van der Waals surface area contributed by atoms with Crippen molar-refractivity contribution in [3.8, 4) is 17.1 Å². The number of aryl methyl sites for hydroxylation is 1.